The maximum atomic E-state index is 13.7. The number of amides is 1. The Morgan fingerprint density at radius 1 is 1.43 bits per heavy atom. The van der Waals surface area contributed by atoms with Crippen LogP contribution in [0.1, 0.15) is 24.2 Å². The molecule has 1 amide bonds. The molecule has 3 N–H and O–H groups in total. The third-order valence-electron chi connectivity index (χ3n) is 2.40. The fraction of sp³-hybridized carbons (Fsp3) is 0.333. The maximum Gasteiger partial charge on any atom is 0.342 e. The van der Waals surface area contributed by atoms with Gasteiger partial charge in [-0.2, -0.15) is 0 Å². The molecular formula is C12H14FN3O5. The highest BCUT2D eigenvalue weighted by Gasteiger charge is 2.23. The second-order valence-corrected chi connectivity index (χ2v) is 4.49. The predicted molar refractivity (Wildman–Crippen MR) is 71.8 cm³/mol. The van der Waals surface area contributed by atoms with Crippen LogP contribution in [0.2, 0.25) is 0 Å². The highest BCUT2D eigenvalue weighted by atomic mass is 19.1. The van der Waals surface area contributed by atoms with Crippen molar-refractivity contribution in [2.75, 3.05) is 11.9 Å². The summed E-state index contributed by atoms with van der Waals surface area (Å²) in [6.07, 6.45) is 0. The largest absolute Gasteiger partial charge is 0.477 e. The van der Waals surface area contributed by atoms with Gasteiger partial charge in [0.1, 0.15) is 5.56 Å². The first kappa shape index (κ1) is 16.3. The van der Waals surface area contributed by atoms with E-state index in [9.17, 15) is 24.1 Å². The minimum atomic E-state index is -1.56. The number of halogens is 1. The standard InChI is InChI=1S/C12H14FN3O5/c1-6(2)15-11(17)5-14-9-3-7(12(18)19)10(16(20)21)4-8(9)13/h3-4,6,14H,5H2,1-2H3,(H,15,17)(H,18,19). The van der Waals surface area contributed by atoms with Crippen molar-refractivity contribution in [1.82, 2.24) is 5.32 Å². The van der Waals surface area contributed by atoms with E-state index in [1.807, 2.05) is 0 Å². The van der Waals surface area contributed by atoms with Gasteiger partial charge in [-0.3, -0.25) is 14.9 Å². The average molecular weight is 299 g/mol. The normalized spacial score (nSPS) is 10.3. The molecule has 0 atom stereocenters. The summed E-state index contributed by atoms with van der Waals surface area (Å²) in [6.45, 7) is 3.20. The molecule has 21 heavy (non-hydrogen) atoms. The minimum absolute atomic E-state index is 0.101. The third-order valence-corrected chi connectivity index (χ3v) is 2.40. The van der Waals surface area contributed by atoms with Gasteiger partial charge in [-0.15, -0.1) is 0 Å². The highest BCUT2D eigenvalue weighted by molar-refractivity contribution is 5.94. The molecule has 0 aliphatic carbocycles. The third kappa shape index (κ3) is 4.41. The average Bonchev–Trinajstić information content (AvgIpc) is 2.35. The fourth-order valence-electron chi connectivity index (χ4n) is 1.57. The van der Waals surface area contributed by atoms with Gasteiger partial charge in [-0.1, -0.05) is 0 Å². The number of rotatable bonds is 6. The van der Waals surface area contributed by atoms with E-state index in [0.29, 0.717) is 6.07 Å². The number of nitro benzene ring substituents is 1. The van der Waals surface area contributed by atoms with Gasteiger partial charge in [-0.25, -0.2) is 9.18 Å². The molecule has 1 aromatic carbocycles. The van der Waals surface area contributed by atoms with Crippen molar-refractivity contribution in [3.05, 3.63) is 33.6 Å². The van der Waals surface area contributed by atoms with Gasteiger partial charge in [0.2, 0.25) is 5.91 Å². The minimum Gasteiger partial charge on any atom is -0.477 e. The van der Waals surface area contributed by atoms with E-state index >= 15 is 0 Å². The van der Waals surface area contributed by atoms with Crippen LogP contribution in [0.3, 0.4) is 0 Å². The van der Waals surface area contributed by atoms with Crippen molar-refractivity contribution in [3.63, 3.8) is 0 Å². The van der Waals surface area contributed by atoms with Crippen LogP contribution >= 0.6 is 0 Å². The number of benzene rings is 1. The summed E-state index contributed by atoms with van der Waals surface area (Å²) in [6, 6.07) is 1.19. The summed E-state index contributed by atoms with van der Waals surface area (Å²) in [5, 5.41) is 24.5. The van der Waals surface area contributed by atoms with Crippen molar-refractivity contribution >= 4 is 23.3 Å². The highest BCUT2D eigenvalue weighted by Crippen LogP contribution is 2.26. The van der Waals surface area contributed by atoms with Crippen LogP contribution in [0, 0.1) is 15.9 Å². The first-order valence-electron chi connectivity index (χ1n) is 5.96. The molecule has 8 nitrogen and oxygen atoms in total. The van der Waals surface area contributed by atoms with Crippen LogP contribution in [0.25, 0.3) is 0 Å². The van der Waals surface area contributed by atoms with Gasteiger partial charge in [0.25, 0.3) is 5.69 Å². The molecule has 114 valence electrons. The number of nitrogens with one attached hydrogen (secondary N) is 2. The predicted octanol–water partition coefficient (Wildman–Crippen LogP) is 1.37. The lowest BCUT2D eigenvalue weighted by atomic mass is 10.1. The second-order valence-electron chi connectivity index (χ2n) is 4.49. The van der Waals surface area contributed by atoms with Crippen molar-refractivity contribution in [3.8, 4) is 0 Å². The lowest BCUT2D eigenvalue weighted by Crippen LogP contribution is -2.35. The molecule has 0 aromatic heterocycles. The Kier molecular flexibility index (Phi) is 5.17. The van der Waals surface area contributed by atoms with E-state index in [1.165, 1.54) is 0 Å². The summed E-state index contributed by atoms with van der Waals surface area (Å²) in [4.78, 5) is 32.0. The van der Waals surface area contributed by atoms with Crippen LogP contribution in [-0.2, 0) is 4.79 Å². The smallest absolute Gasteiger partial charge is 0.342 e. The zero-order valence-corrected chi connectivity index (χ0v) is 11.3. The van der Waals surface area contributed by atoms with Crippen LogP contribution in [-0.4, -0.2) is 34.5 Å². The summed E-state index contributed by atoms with van der Waals surface area (Å²) >= 11 is 0. The van der Waals surface area contributed by atoms with E-state index < -0.39 is 33.9 Å². The summed E-state index contributed by atoms with van der Waals surface area (Å²) in [5.74, 6) is -2.99. The Balaban J connectivity index is 2.98. The first-order valence-corrected chi connectivity index (χ1v) is 5.96. The lowest BCUT2D eigenvalue weighted by Gasteiger charge is -2.11. The lowest BCUT2D eigenvalue weighted by molar-refractivity contribution is -0.385. The molecule has 0 aliphatic rings. The Morgan fingerprint density at radius 3 is 2.52 bits per heavy atom. The number of hydrogen-bond acceptors (Lipinski definition) is 5. The van der Waals surface area contributed by atoms with Gasteiger partial charge in [0.05, 0.1) is 23.2 Å². The number of nitrogens with zero attached hydrogens (tertiary/aromatic N) is 1. The van der Waals surface area contributed by atoms with Gasteiger partial charge < -0.3 is 15.7 Å². The van der Waals surface area contributed by atoms with E-state index in [2.05, 4.69) is 10.6 Å². The fourth-order valence-corrected chi connectivity index (χ4v) is 1.57. The number of hydrogen-bond donors (Lipinski definition) is 3. The molecule has 0 heterocycles. The zero-order valence-electron chi connectivity index (χ0n) is 11.3. The summed E-state index contributed by atoms with van der Waals surface area (Å²) in [5.41, 5.74) is -1.80. The maximum absolute atomic E-state index is 13.7. The monoisotopic (exact) mass is 299 g/mol. The van der Waals surface area contributed by atoms with Crippen molar-refractivity contribution < 1.29 is 24.0 Å². The Morgan fingerprint density at radius 2 is 2.05 bits per heavy atom. The molecule has 0 spiro atoms. The Hall–Kier alpha value is -2.71. The van der Waals surface area contributed by atoms with Crippen LogP contribution in [0.5, 0.6) is 0 Å². The molecule has 0 radical (unpaired) electrons. The molecule has 0 fully saturated rings. The van der Waals surface area contributed by atoms with E-state index in [-0.39, 0.29) is 18.3 Å². The molecule has 0 saturated carbocycles. The van der Waals surface area contributed by atoms with Crippen LogP contribution in [0.4, 0.5) is 15.8 Å². The number of carbonyl (C=O) groups is 2. The summed E-state index contributed by atoms with van der Waals surface area (Å²) in [7, 11) is 0. The number of carboxylic acids is 1. The second kappa shape index (κ2) is 6.64. The number of carbonyl (C=O) groups excluding carboxylic acids is 1. The van der Waals surface area contributed by atoms with Crippen molar-refractivity contribution in [2.45, 2.75) is 19.9 Å². The quantitative estimate of drug-likeness (QED) is 0.538. The number of aromatic carboxylic acids is 1. The molecule has 9 heteroatoms. The number of anilines is 1. The first-order chi connectivity index (χ1) is 9.72. The van der Waals surface area contributed by atoms with Gasteiger partial charge in [-0.05, 0) is 19.9 Å². The van der Waals surface area contributed by atoms with Gasteiger partial charge in [0, 0.05) is 6.04 Å². The van der Waals surface area contributed by atoms with Crippen LogP contribution in [0.15, 0.2) is 12.1 Å². The van der Waals surface area contributed by atoms with Gasteiger partial charge >= 0.3 is 5.97 Å². The van der Waals surface area contributed by atoms with Crippen molar-refractivity contribution in [2.24, 2.45) is 0 Å². The summed E-state index contributed by atoms with van der Waals surface area (Å²) < 4.78 is 13.7. The van der Waals surface area contributed by atoms with E-state index in [1.54, 1.807) is 13.8 Å². The van der Waals surface area contributed by atoms with E-state index in [4.69, 9.17) is 5.11 Å². The SMILES string of the molecule is CC(C)NC(=O)CNc1cc(C(=O)O)c([N+](=O)[O-])cc1F. The zero-order chi connectivity index (χ0) is 16.2. The number of nitro groups is 1. The van der Waals surface area contributed by atoms with Crippen LogP contribution < -0.4 is 10.6 Å². The Labute approximate surface area is 119 Å². The number of carboxylic acid groups (broad SMARTS) is 1. The van der Waals surface area contributed by atoms with Gasteiger partial charge in [0.15, 0.2) is 5.82 Å². The topological polar surface area (TPSA) is 122 Å². The molecule has 0 aliphatic heterocycles. The molecular weight excluding hydrogens is 285 g/mol. The molecule has 1 rings (SSSR count). The van der Waals surface area contributed by atoms with E-state index in [0.717, 1.165) is 6.07 Å². The molecule has 0 bridgehead atoms. The Bertz CT molecular complexity index is 589. The molecule has 1 aromatic rings. The molecule has 0 saturated heterocycles. The molecule has 0 unspecified atom stereocenters. The van der Waals surface area contributed by atoms with Crippen molar-refractivity contribution in [1.29, 1.82) is 0 Å².